The Morgan fingerprint density at radius 2 is 1.21 bits per heavy atom. The molecule has 4 heterocycles. The van der Waals surface area contributed by atoms with Gasteiger partial charge < -0.3 is 0 Å². The first-order valence-electron chi connectivity index (χ1n) is 19.1. The Hall–Kier alpha value is -4.82. The van der Waals surface area contributed by atoms with Crippen molar-refractivity contribution in [2.24, 2.45) is 0 Å². The van der Waals surface area contributed by atoms with E-state index in [-0.39, 0.29) is 21.7 Å². The van der Waals surface area contributed by atoms with Crippen LogP contribution < -0.4 is 9.13 Å². The van der Waals surface area contributed by atoms with Crippen LogP contribution in [0.4, 0.5) is 0 Å². The van der Waals surface area contributed by atoms with Crippen molar-refractivity contribution in [2.75, 3.05) is 0 Å². The fraction of sp³-hybridized carbons (Fsp3) is 0.320. The van der Waals surface area contributed by atoms with Crippen molar-refractivity contribution < 1.29 is 9.13 Å². The summed E-state index contributed by atoms with van der Waals surface area (Å²) >= 11 is 0. The molecule has 9 rings (SSSR count). The molecule has 2 heteroatoms. The van der Waals surface area contributed by atoms with Gasteiger partial charge in [-0.2, -0.15) is 9.13 Å². The molecule has 2 aliphatic heterocycles. The van der Waals surface area contributed by atoms with Gasteiger partial charge in [0, 0.05) is 29.2 Å². The third-order valence-electron chi connectivity index (χ3n) is 12.3. The van der Waals surface area contributed by atoms with E-state index in [1.54, 1.807) is 0 Å². The van der Waals surface area contributed by atoms with Gasteiger partial charge in [-0.25, -0.2) is 0 Å². The molecule has 0 amide bonds. The molecular weight excluding hydrogens is 629 g/mol. The van der Waals surface area contributed by atoms with E-state index in [2.05, 4.69) is 189 Å². The second-order valence-electron chi connectivity index (χ2n) is 19.2. The standard InChI is InChI=1S/C50H52N2/c1-47(2,3)32-17-20-35-31(24-32)25-44(52-29-34(49(7,8)9)18-21-42(35)52)46-40-27-38-37-19-16-30-14-12-13-15-36(30)45(37)50(10,11)41(38)28-39(40)43-26-33(48(4,5)6)22-23-51(43)46/h12-24,26-29H,25H2,1-11H3/q+2/b46-44+. The summed E-state index contributed by atoms with van der Waals surface area (Å²) in [5, 5.41) is 2.67. The highest BCUT2D eigenvalue weighted by Crippen LogP contribution is 2.54. The number of hydrogen-bond donors (Lipinski definition) is 0. The zero-order chi connectivity index (χ0) is 36.7. The molecule has 2 aromatic heterocycles. The largest absolute Gasteiger partial charge is 0.287 e. The molecule has 0 fully saturated rings. The summed E-state index contributed by atoms with van der Waals surface area (Å²) in [4.78, 5) is 0. The number of benzene rings is 4. The van der Waals surface area contributed by atoms with E-state index in [0.717, 1.165) is 6.42 Å². The van der Waals surface area contributed by atoms with Gasteiger partial charge in [-0.1, -0.05) is 125 Å². The molecule has 0 saturated heterocycles. The predicted octanol–water partition coefficient (Wildman–Crippen LogP) is 11.7. The molecule has 2 nitrogen and oxygen atoms in total. The first kappa shape index (κ1) is 33.0. The van der Waals surface area contributed by atoms with E-state index in [4.69, 9.17) is 0 Å². The summed E-state index contributed by atoms with van der Waals surface area (Å²) in [6.45, 7) is 25.8. The van der Waals surface area contributed by atoms with Crippen LogP contribution in [0.2, 0.25) is 0 Å². The molecule has 1 aliphatic carbocycles. The van der Waals surface area contributed by atoms with Crippen molar-refractivity contribution in [3.63, 3.8) is 0 Å². The number of allylic oxidation sites excluding steroid dienone is 1. The summed E-state index contributed by atoms with van der Waals surface area (Å²) in [5.74, 6) is 0. The lowest BCUT2D eigenvalue weighted by molar-refractivity contribution is -0.597. The van der Waals surface area contributed by atoms with Gasteiger partial charge in [-0.05, 0) is 90.2 Å². The molecule has 0 spiro atoms. The Bertz CT molecular complexity index is 2550. The average Bonchev–Trinajstić information content (AvgIpc) is 3.52. The highest BCUT2D eigenvalue weighted by atomic mass is 15.1. The van der Waals surface area contributed by atoms with Crippen molar-refractivity contribution in [1.29, 1.82) is 0 Å². The van der Waals surface area contributed by atoms with Crippen LogP contribution in [0.3, 0.4) is 0 Å². The van der Waals surface area contributed by atoms with Gasteiger partial charge in [0.25, 0.3) is 11.4 Å². The topological polar surface area (TPSA) is 7.76 Å². The van der Waals surface area contributed by atoms with Gasteiger partial charge in [0.1, 0.15) is 0 Å². The second kappa shape index (κ2) is 10.6. The molecule has 4 aromatic carbocycles. The van der Waals surface area contributed by atoms with Crippen LogP contribution >= 0.6 is 0 Å². The molecule has 260 valence electrons. The Balaban J connectivity index is 1.39. The van der Waals surface area contributed by atoms with E-state index in [1.165, 1.54) is 94.8 Å². The number of pyridine rings is 2. The van der Waals surface area contributed by atoms with E-state index >= 15 is 0 Å². The molecule has 52 heavy (non-hydrogen) atoms. The Morgan fingerprint density at radius 1 is 0.538 bits per heavy atom. The van der Waals surface area contributed by atoms with E-state index in [1.807, 2.05) is 0 Å². The van der Waals surface area contributed by atoms with Crippen molar-refractivity contribution >= 4 is 22.2 Å². The van der Waals surface area contributed by atoms with Crippen LogP contribution in [0.5, 0.6) is 0 Å². The number of nitrogens with zero attached hydrogens (tertiary/aromatic N) is 2. The lowest BCUT2D eigenvalue weighted by Crippen LogP contribution is -2.45. The van der Waals surface area contributed by atoms with Crippen molar-refractivity contribution in [3.8, 4) is 33.6 Å². The van der Waals surface area contributed by atoms with Crippen LogP contribution in [0, 0.1) is 0 Å². The Morgan fingerprint density at radius 3 is 1.94 bits per heavy atom. The van der Waals surface area contributed by atoms with Crippen LogP contribution in [0.1, 0.15) is 115 Å². The maximum Gasteiger partial charge on any atom is 0.287 e. The van der Waals surface area contributed by atoms with Gasteiger partial charge in [-0.15, -0.1) is 0 Å². The minimum atomic E-state index is -0.126. The molecule has 0 unspecified atom stereocenters. The second-order valence-corrected chi connectivity index (χ2v) is 19.2. The number of aromatic nitrogens is 2. The minimum Gasteiger partial charge on any atom is -0.157 e. The summed E-state index contributed by atoms with van der Waals surface area (Å²) in [7, 11) is 0. The van der Waals surface area contributed by atoms with Crippen molar-refractivity contribution in [2.45, 2.75) is 104 Å². The Kier molecular flexibility index (Phi) is 6.75. The molecule has 0 radical (unpaired) electrons. The van der Waals surface area contributed by atoms with Gasteiger partial charge in [0.15, 0.2) is 12.4 Å². The molecule has 3 aliphatic rings. The third-order valence-corrected chi connectivity index (χ3v) is 12.3. The maximum absolute atomic E-state index is 2.55. The maximum atomic E-state index is 2.55. The molecule has 6 aromatic rings. The predicted molar refractivity (Wildman–Crippen MR) is 218 cm³/mol. The fourth-order valence-electron chi connectivity index (χ4n) is 9.15. The summed E-state index contributed by atoms with van der Waals surface area (Å²) in [6.07, 6.45) is 5.64. The van der Waals surface area contributed by atoms with E-state index in [0.29, 0.717) is 0 Å². The summed E-state index contributed by atoms with van der Waals surface area (Å²) < 4.78 is 5.05. The molecule has 0 N–H and O–H groups in total. The molecule has 0 saturated carbocycles. The zero-order valence-electron chi connectivity index (χ0n) is 32.9. The summed E-state index contributed by atoms with van der Waals surface area (Å²) in [6, 6.07) is 35.4. The molecule has 0 bridgehead atoms. The number of rotatable bonds is 0. The lowest BCUT2D eigenvalue weighted by atomic mass is 9.79. The first-order chi connectivity index (χ1) is 24.4. The highest BCUT2D eigenvalue weighted by Gasteiger charge is 2.46. The Labute approximate surface area is 310 Å². The van der Waals surface area contributed by atoms with E-state index in [9.17, 15) is 0 Å². The summed E-state index contributed by atoms with van der Waals surface area (Å²) in [5.41, 5.74) is 20.3. The van der Waals surface area contributed by atoms with Crippen LogP contribution in [0.15, 0.2) is 103 Å². The highest BCUT2D eigenvalue weighted by molar-refractivity contribution is 6.00. The normalized spacial score (nSPS) is 17.0. The smallest absolute Gasteiger partial charge is 0.157 e. The third kappa shape index (κ3) is 4.76. The molecule has 0 atom stereocenters. The van der Waals surface area contributed by atoms with E-state index < -0.39 is 0 Å². The minimum absolute atomic E-state index is 0.0211. The fourth-order valence-corrected chi connectivity index (χ4v) is 9.15. The zero-order valence-corrected chi connectivity index (χ0v) is 32.9. The first-order valence-corrected chi connectivity index (χ1v) is 19.1. The lowest BCUT2D eigenvalue weighted by Gasteiger charge is -2.24. The SMILES string of the molecule is CC(C)(C)c1ccc2c(c1)C/C(=C1/c3cc4c(cc3-c3cc(C(C)(C)C)cc[n+]31)C(C)(C)c1c-4ccc3ccccc13)[n+]1cc(C(C)(C)C)ccc1-2. The average molecular weight is 681 g/mol. The number of fused-ring (bicyclic) bond motifs is 11. The van der Waals surface area contributed by atoms with Crippen LogP contribution in [-0.2, 0) is 28.1 Å². The van der Waals surface area contributed by atoms with Gasteiger partial charge >= 0.3 is 0 Å². The van der Waals surface area contributed by atoms with Crippen LogP contribution in [0.25, 0.3) is 55.8 Å². The molecular formula is C50H52N2+2. The van der Waals surface area contributed by atoms with Gasteiger partial charge in [0.2, 0.25) is 11.4 Å². The van der Waals surface area contributed by atoms with Gasteiger partial charge in [0.05, 0.1) is 23.1 Å². The number of hydrogen-bond acceptors (Lipinski definition) is 0. The van der Waals surface area contributed by atoms with Crippen LogP contribution in [-0.4, -0.2) is 0 Å². The van der Waals surface area contributed by atoms with Gasteiger partial charge in [-0.3, -0.25) is 0 Å². The quantitative estimate of drug-likeness (QED) is 0.141. The van der Waals surface area contributed by atoms with Crippen molar-refractivity contribution in [1.82, 2.24) is 0 Å². The van der Waals surface area contributed by atoms with Crippen molar-refractivity contribution in [3.05, 3.63) is 142 Å². The monoisotopic (exact) mass is 680 g/mol.